The molecule has 0 aliphatic carbocycles. The Kier molecular flexibility index (Phi) is 3.21. The van der Waals surface area contributed by atoms with Crippen LogP contribution >= 0.6 is 0 Å². The van der Waals surface area contributed by atoms with Gasteiger partial charge in [-0.1, -0.05) is 12.1 Å². The molecule has 1 saturated heterocycles. The number of rotatable bonds is 1. The van der Waals surface area contributed by atoms with E-state index in [0.29, 0.717) is 5.56 Å². The van der Waals surface area contributed by atoms with Gasteiger partial charge < -0.3 is 5.73 Å². The molecular weight excluding hydrogens is 210 g/mol. The van der Waals surface area contributed by atoms with Gasteiger partial charge in [0, 0.05) is 11.6 Å². The third kappa shape index (κ3) is 1.95. The van der Waals surface area contributed by atoms with Gasteiger partial charge in [-0.2, -0.15) is 0 Å². The zero-order valence-corrected chi connectivity index (χ0v) is 9.29. The smallest absolute Gasteiger partial charge is 0.163 e. The fraction of sp³-hybridized carbons (Fsp3) is 0.500. The molecule has 1 aromatic carbocycles. The minimum absolute atomic E-state index is 0.130. The molecule has 2 unspecified atom stereocenters. The molecule has 1 aliphatic heterocycles. The van der Waals surface area contributed by atoms with Crippen molar-refractivity contribution < 1.29 is 8.78 Å². The van der Waals surface area contributed by atoms with E-state index in [4.69, 9.17) is 5.73 Å². The van der Waals surface area contributed by atoms with E-state index >= 15 is 0 Å². The molecule has 0 radical (unpaired) electrons. The number of hydrogen-bond donors (Lipinski definition) is 1. The van der Waals surface area contributed by atoms with E-state index in [9.17, 15) is 8.78 Å². The Balaban J connectivity index is 2.38. The zero-order valence-electron chi connectivity index (χ0n) is 9.29. The lowest BCUT2D eigenvalue weighted by molar-refractivity contribution is 0.158. The summed E-state index contributed by atoms with van der Waals surface area (Å²) in [7, 11) is 1.90. The molecule has 0 saturated carbocycles. The Morgan fingerprint density at radius 1 is 1.38 bits per heavy atom. The highest BCUT2D eigenvalue weighted by Gasteiger charge is 2.30. The van der Waals surface area contributed by atoms with E-state index < -0.39 is 11.6 Å². The molecule has 0 aromatic heterocycles. The fourth-order valence-electron chi connectivity index (χ4n) is 2.42. The Labute approximate surface area is 94.0 Å². The van der Waals surface area contributed by atoms with Gasteiger partial charge in [-0.15, -0.1) is 0 Å². The average molecular weight is 226 g/mol. The lowest BCUT2D eigenvalue weighted by Crippen LogP contribution is -2.44. The van der Waals surface area contributed by atoms with Crippen molar-refractivity contribution in [2.24, 2.45) is 5.73 Å². The molecule has 0 bridgehead atoms. The highest BCUT2D eigenvalue weighted by Crippen LogP contribution is 2.31. The number of hydrogen-bond acceptors (Lipinski definition) is 2. The predicted molar refractivity (Wildman–Crippen MR) is 58.9 cm³/mol. The summed E-state index contributed by atoms with van der Waals surface area (Å²) in [4.78, 5) is 1.99. The molecule has 0 amide bonds. The zero-order chi connectivity index (χ0) is 11.7. The standard InChI is InChI=1S/C12H16F2N2/c1-16-7-3-6-10(15)12(16)8-4-2-5-9(13)11(8)14/h2,4-5,10,12H,3,6-7,15H2,1H3. The van der Waals surface area contributed by atoms with Crippen molar-refractivity contribution in [3.8, 4) is 0 Å². The normalized spacial score (nSPS) is 27.0. The lowest BCUT2D eigenvalue weighted by Gasteiger charge is -2.37. The van der Waals surface area contributed by atoms with E-state index in [2.05, 4.69) is 0 Å². The molecule has 2 nitrogen and oxygen atoms in total. The average Bonchev–Trinajstić information content (AvgIpc) is 2.24. The maximum absolute atomic E-state index is 13.7. The van der Waals surface area contributed by atoms with Crippen LogP contribution in [0.25, 0.3) is 0 Å². The van der Waals surface area contributed by atoms with E-state index in [1.165, 1.54) is 6.07 Å². The first-order valence-electron chi connectivity index (χ1n) is 5.51. The van der Waals surface area contributed by atoms with E-state index in [1.807, 2.05) is 11.9 Å². The largest absolute Gasteiger partial charge is 0.326 e. The van der Waals surface area contributed by atoms with Gasteiger partial charge >= 0.3 is 0 Å². The molecule has 4 heteroatoms. The van der Waals surface area contributed by atoms with Crippen molar-refractivity contribution in [1.82, 2.24) is 4.90 Å². The van der Waals surface area contributed by atoms with Crippen LogP contribution in [0.5, 0.6) is 0 Å². The number of likely N-dealkylation sites (tertiary alicyclic amines) is 1. The summed E-state index contributed by atoms with van der Waals surface area (Å²) in [5.41, 5.74) is 6.36. The third-order valence-corrected chi connectivity index (χ3v) is 3.23. The summed E-state index contributed by atoms with van der Waals surface area (Å²) >= 11 is 0. The molecule has 2 N–H and O–H groups in total. The first-order valence-corrected chi connectivity index (χ1v) is 5.51. The van der Waals surface area contributed by atoms with E-state index in [0.717, 1.165) is 25.5 Å². The van der Waals surface area contributed by atoms with Gasteiger partial charge in [-0.05, 0) is 32.5 Å². The van der Waals surface area contributed by atoms with Crippen LogP contribution in [0.2, 0.25) is 0 Å². The number of piperidine rings is 1. The highest BCUT2D eigenvalue weighted by atomic mass is 19.2. The molecule has 1 fully saturated rings. The Morgan fingerprint density at radius 3 is 2.81 bits per heavy atom. The minimum Gasteiger partial charge on any atom is -0.326 e. The maximum Gasteiger partial charge on any atom is 0.163 e. The van der Waals surface area contributed by atoms with Gasteiger partial charge in [-0.25, -0.2) is 8.78 Å². The molecule has 2 rings (SSSR count). The fourth-order valence-corrected chi connectivity index (χ4v) is 2.42. The minimum atomic E-state index is -0.802. The quantitative estimate of drug-likeness (QED) is 0.794. The van der Waals surface area contributed by atoms with Crippen LogP contribution in [-0.4, -0.2) is 24.5 Å². The maximum atomic E-state index is 13.7. The van der Waals surface area contributed by atoms with Crippen LogP contribution in [0.1, 0.15) is 24.4 Å². The summed E-state index contributed by atoms with van der Waals surface area (Å²) in [6, 6.07) is 3.93. The summed E-state index contributed by atoms with van der Waals surface area (Å²) in [6.07, 6.45) is 1.86. The Morgan fingerprint density at radius 2 is 2.12 bits per heavy atom. The first-order chi connectivity index (χ1) is 7.61. The second-order valence-electron chi connectivity index (χ2n) is 4.37. The molecular formula is C12H16F2N2. The van der Waals surface area contributed by atoms with Gasteiger partial charge in [-0.3, -0.25) is 4.90 Å². The van der Waals surface area contributed by atoms with E-state index in [1.54, 1.807) is 6.07 Å². The van der Waals surface area contributed by atoms with Crippen LogP contribution in [0.15, 0.2) is 18.2 Å². The van der Waals surface area contributed by atoms with E-state index in [-0.39, 0.29) is 12.1 Å². The van der Waals surface area contributed by atoms with Crippen molar-refractivity contribution in [2.75, 3.05) is 13.6 Å². The van der Waals surface area contributed by atoms with Gasteiger partial charge in [0.05, 0.1) is 6.04 Å². The van der Waals surface area contributed by atoms with Crippen molar-refractivity contribution in [3.05, 3.63) is 35.4 Å². The van der Waals surface area contributed by atoms with Gasteiger partial charge in [0.15, 0.2) is 11.6 Å². The highest BCUT2D eigenvalue weighted by molar-refractivity contribution is 5.24. The SMILES string of the molecule is CN1CCCC(N)C1c1cccc(F)c1F. The Bertz CT molecular complexity index is 371. The van der Waals surface area contributed by atoms with Crippen molar-refractivity contribution >= 4 is 0 Å². The summed E-state index contributed by atoms with van der Waals surface area (Å²) in [5, 5.41) is 0. The second kappa shape index (κ2) is 4.47. The summed E-state index contributed by atoms with van der Waals surface area (Å²) < 4.78 is 26.8. The number of likely N-dealkylation sites (N-methyl/N-ethyl adjacent to an activating group) is 1. The van der Waals surface area contributed by atoms with Crippen LogP contribution in [-0.2, 0) is 0 Å². The van der Waals surface area contributed by atoms with Crippen molar-refractivity contribution in [3.63, 3.8) is 0 Å². The summed E-state index contributed by atoms with van der Waals surface area (Å²) in [6.45, 7) is 0.869. The predicted octanol–water partition coefficient (Wildman–Crippen LogP) is 2.06. The number of halogens is 2. The third-order valence-electron chi connectivity index (χ3n) is 3.23. The van der Waals surface area contributed by atoms with Gasteiger partial charge in [0.1, 0.15) is 0 Å². The number of nitrogens with zero attached hydrogens (tertiary/aromatic N) is 1. The first kappa shape index (κ1) is 11.5. The molecule has 1 aliphatic rings. The van der Waals surface area contributed by atoms with Crippen LogP contribution in [0.3, 0.4) is 0 Å². The second-order valence-corrected chi connectivity index (χ2v) is 4.37. The molecule has 1 heterocycles. The molecule has 1 aromatic rings. The lowest BCUT2D eigenvalue weighted by atomic mass is 9.91. The number of nitrogens with two attached hydrogens (primary N) is 1. The molecule has 16 heavy (non-hydrogen) atoms. The van der Waals surface area contributed by atoms with Crippen LogP contribution in [0, 0.1) is 11.6 Å². The van der Waals surface area contributed by atoms with Gasteiger partial charge in [0.25, 0.3) is 0 Å². The van der Waals surface area contributed by atoms with Crippen LogP contribution in [0.4, 0.5) is 8.78 Å². The topological polar surface area (TPSA) is 29.3 Å². The van der Waals surface area contributed by atoms with Gasteiger partial charge in [0.2, 0.25) is 0 Å². The molecule has 2 atom stereocenters. The van der Waals surface area contributed by atoms with Crippen LogP contribution < -0.4 is 5.73 Å². The Hall–Kier alpha value is -1.00. The monoisotopic (exact) mass is 226 g/mol. The molecule has 88 valence electrons. The van der Waals surface area contributed by atoms with Crippen molar-refractivity contribution in [1.29, 1.82) is 0 Å². The van der Waals surface area contributed by atoms with Crippen molar-refractivity contribution in [2.45, 2.75) is 24.9 Å². The summed E-state index contributed by atoms with van der Waals surface area (Å²) in [5.74, 6) is -1.57. The number of benzene rings is 1. The molecule has 0 spiro atoms.